The van der Waals surface area contributed by atoms with Crippen molar-refractivity contribution in [2.24, 2.45) is 5.73 Å². The van der Waals surface area contributed by atoms with E-state index in [2.05, 4.69) is 0 Å². The van der Waals surface area contributed by atoms with E-state index in [4.69, 9.17) is 14.2 Å². The van der Waals surface area contributed by atoms with Gasteiger partial charge in [-0.2, -0.15) is 0 Å². The minimum Gasteiger partial charge on any atom is -0.348 e. The number of benzene rings is 1. The highest BCUT2D eigenvalue weighted by molar-refractivity contribution is 7.65. The molecular formula is C14H28NO3PSi2. The van der Waals surface area contributed by atoms with Crippen molar-refractivity contribution in [3.8, 4) is 0 Å². The SMILES string of the molecule is CC(N)c1ccc(P(=O)(O[Si](C)(C)C)O[Si](C)(C)C)cc1. The summed E-state index contributed by atoms with van der Waals surface area (Å²) in [6.07, 6.45) is 0. The number of hydrogen-bond donors (Lipinski definition) is 1. The molecule has 0 aliphatic heterocycles. The van der Waals surface area contributed by atoms with Crippen molar-refractivity contribution < 1.29 is 13.0 Å². The topological polar surface area (TPSA) is 61.6 Å². The molecule has 1 unspecified atom stereocenters. The highest BCUT2D eigenvalue weighted by Crippen LogP contribution is 2.51. The maximum atomic E-state index is 13.3. The fourth-order valence-corrected chi connectivity index (χ4v) is 9.42. The normalized spacial score (nSPS) is 15.0. The number of hydrogen-bond acceptors (Lipinski definition) is 4. The van der Waals surface area contributed by atoms with Crippen LogP contribution in [-0.4, -0.2) is 16.6 Å². The molecule has 0 aliphatic rings. The van der Waals surface area contributed by atoms with E-state index >= 15 is 0 Å². The first kappa shape index (κ1) is 18.8. The second-order valence-corrected chi connectivity index (χ2v) is 18.7. The molecule has 0 amide bonds. The smallest absolute Gasteiger partial charge is 0.342 e. The second kappa shape index (κ2) is 6.48. The van der Waals surface area contributed by atoms with Crippen LogP contribution in [0.15, 0.2) is 24.3 Å². The van der Waals surface area contributed by atoms with Gasteiger partial charge in [0.05, 0.1) is 5.30 Å². The molecule has 0 heterocycles. The summed E-state index contributed by atoms with van der Waals surface area (Å²) in [6.45, 7) is 14.0. The van der Waals surface area contributed by atoms with Gasteiger partial charge in [0.1, 0.15) is 0 Å². The van der Waals surface area contributed by atoms with E-state index in [-0.39, 0.29) is 6.04 Å². The van der Waals surface area contributed by atoms with Gasteiger partial charge in [0.15, 0.2) is 16.6 Å². The van der Waals surface area contributed by atoms with Gasteiger partial charge >= 0.3 is 7.60 Å². The van der Waals surface area contributed by atoms with Crippen molar-refractivity contribution in [3.63, 3.8) is 0 Å². The fraction of sp³-hybridized carbons (Fsp3) is 0.571. The van der Waals surface area contributed by atoms with Gasteiger partial charge < -0.3 is 14.2 Å². The zero-order valence-electron chi connectivity index (χ0n) is 14.1. The van der Waals surface area contributed by atoms with Crippen LogP contribution in [0.1, 0.15) is 18.5 Å². The molecule has 0 saturated heterocycles. The fourth-order valence-electron chi connectivity index (χ4n) is 1.81. The van der Waals surface area contributed by atoms with Crippen LogP contribution in [0.25, 0.3) is 0 Å². The Kier molecular flexibility index (Phi) is 5.81. The molecule has 0 bridgehead atoms. The van der Waals surface area contributed by atoms with E-state index in [0.29, 0.717) is 5.30 Å². The maximum absolute atomic E-state index is 13.3. The zero-order chi connectivity index (χ0) is 16.5. The predicted octanol–water partition coefficient (Wildman–Crippen LogP) is 4.23. The molecular weight excluding hydrogens is 317 g/mol. The Hall–Kier alpha value is -0.236. The third-order valence-corrected chi connectivity index (χ3v) is 9.76. The van der Waals surface area contributed by atoms with E-state index in [9.17, 15) is 4.57 Å². The van der Waals surface area contributed by atoms with Crippen LogP contribution in [0.2, 0.25) is 39.3 Å². The lowest BCUT2D eigenvalue weighted by Gasteiger charge is -2.31. The van der Waals surface area contributed by atoms with E-state index < -0.39 is 24.2 Å². The van der Waals surface area contributed by atoms with E-state index in [1.807, 2.05) is 70.5 Å². The summed E-state index contributed by atoms with van der Waals surface area (Å²) in [5.74, 6) is 0. The average molecular weight is 346 g/mol. The van der Waals surface area contributed by atoms with Crippen molar-refractivity contribution in [3.05, 3.63) is 29.8 Å². The second-order valence-electron chi connectivity index (χ2n) is 7.28. The van der Waals surface area contributed by atoms with Crippen molar-refractivity contribution in [2.45, 2.75) is 52.2 Å². The Bertz CT molecular complexity index is 499. The minimum absolute atomic E-state index is 0.0470. The van der Waals surface area contributed by atoms with Crippen LogP contribution >= 0.6 is 7.60 Å². The molecule has 0 aliphatic carbocycles. The summed E-state index contributed by atoms with van der Waals surface area (Å²) in [5.41, 5.74) is 6.86. The Morgan fingerprint density at radius 3 is 1.62 bits per heavy atom. The van der Waals surface area contributed by atoms with E-state index in [0.717, 1.165) is 5.56 Å². The summed E-state index contributed by atoms with van der Waals surface area (Å²) in [5, 5.41) is 0.622. The molecule has 120 valence electrons. The lowest BCUT2D eigenvalue weighted by molar-refractivity contribution is 0.396. The summed E-state index contributed by atoms with van der Waals surface area (Å²) in [7, 11) is -7.28. The molecule has 7 heteroatoms. The van der Waals surface area contributed by atoms with Gasteiger partial charge in [-0.05, 0) is 63.9 Å². The summed E-state index contributed by atoms with van der Waals surface area (Å²) in [6, 6.07) is 7.38. The van der Waals surface area contributed by atoms with Gasteiger partial charge in [0.2, 0.25) is 0 Å². The number of rotatable bonds is 6. The molecule has 1 rings (SSSR count). The monoisotopic (exact) mass is 345 g/mol. The van der Waals surface area contributed by atoms with Gasteiger partial charge in [-0.1, -0.05) is 12.1 Å². The molecule has 0 spiro atoms. The molecule has 1 aromatic carbocycles. The first-order valence-electron chi connectivity index (χ1n) is 7.20. The molecule has 1 atom stereocenters. The first-order chi connectivity index (χ1) is 9.32. The molecule has 0 saturated carbocycles. The Morgan fingerprint density at radius 2 is 1.33 bits per heavy atom. The molecule has 1 aromatic rings. The van der Waals surface area contributed by atoms with Gasteiger partial charge in [-0.25, -0.2) is 0 Å². The molecule has 0 radical (unpaired) electrons. The lowest BCUT2D eigenvalue weighted by Crippen LogP contribution is -2.33. The summed E-state index contributed by atoms with van der Waals surface area (Å²) < 4.78 is 25.2. The van der Waals surface area contributed by atoms with Crippen molar-refractivity contribution in [2.75, 3.05) is 0 Å². The number of nitrogens with two attached hydrogens (primary N) is 1. The van der Waals surface area contributed by atoms with Gasteiger partial charge in [0, 0.05) is 6.04 Å². The average Bonchev–Trinajstić information content (AvgIpc) is 2.23. The third kappa shape index (κ3) is 6.18. The van der Waals surface area contributed by atoms with E-state index in [1.54, 1.807) is 0 Å². The van der Waals surface area contributed by atoms with E-state index in [1.165, 1.54) is 0 Å². The van der Waals surface area contributed by atoms with Crippen LogP contribution in [0.4, 0.5) is 0 Å². The third-order valence-electron chi connectivity index (χ3n) is 2.52. The van der Waals surface area contributed by atoms with Crippen molar-refractivity contribution >= 4 is 29.5 Å². The highest BCUT2D eigenvalue weighted by Gasteiger charge is 2.38. The Morgan fingerprint density at radius 1 is 0.952 bits per heavy atom. The van der Waals surface area contributed by atoms with Crippen LogP contribution in [0, 0.1) is 0 Å². The quantitative estimate of drug-likeness (QED) is 0.619. The maximum Gasteiger partial charge on any atom is 0.342 e. The standard InChI is InChI=1S/C14H28NO3PSi2/c1-12(15)13-8-10-14(11-9-13)19(16,17-20(2,3)4)18-21(5,6)7/h8-12H,15H2,1-7H3. The molecule has 4 nitrogen and oxygen atoms in total. The van der Waals surface area contributed by atoms with Crippen molar-refractivity contribution in [1.82, 2.24) is 0 Å². The minimum atomic E-state index is -3.28. The van der Waals surface area contributed by atoms with Crippen LogP contribution < -0.4 is 11.0 Å². The van der Waals surface area contributed by atoms with Gasteiger partial charge in [-0.3, -0.25) is 4.57 Å². The first-order valence-corrected chi connectivity index (χ1v) is 15.6. The summed E-state index contributed by atoms with van der Waals surface area (Å²) >= 11 is 0. The molecule has 0 fully saturated rings. The zero-order valence-corrected chi connectivity index (χ0v) is 17.0. The Labute approximate surface area is 130 Å². The van der Waals surface area contributed by atoms with Gasteiger partial charge in [-0.15, -0.1) is 0 Å². The van der Waals surface area contributed by atoms with Crippen LogP contribution in [0.5, 0.6) is 0 Å². The Balaban J connectivity index is 3.20. The lowest BCUT2D eigenvalue weighted by atomic mass is 10.1. The van der Waals surface area contributed by atoms with Crippen LogP contribution in [0.3, 0.4) is 0 Å². The summed E-state index contributed by atoms with van der Waals surface area (Å²) in [4.78, 5) is 0. The molecule has 2 N–H and O–H groups in total. The van der Waals surface area contributed by atoms with Gasteiger partial charge in [0.25, 0.3) is 0 Å². The van der Waals surface area contributed by atoms with Crippen molar-refractivity contribution in [1.29, 1.82) is 0 Å². The predicted molar refractivity (Wildman–Crippen MR) is 95.1 cm³/mol. The largest absolute Gasteiger partial charge is 0.348 e. The van der Waals surface area contributed by atoms with Crippen LogP contribution in [-0.2, 0) is 13.0 Å². The molecule has 21 heavy (non-hydrogen) atoms. The highest BCUT2D eigenvalue weighted by atomic mass is 31.2. The molecule has 0 aromatic heterocycles.